The summed E-state index contributed by atoms with van der Waals surface area (Å²) in [6, 6.07) is 0.354. The zero-order valence-electron chi connectivity index (χ0n) is 15.1. The maximum absolute atomic E-state index is 12.6. The molecule has 0 aromatic heterocycles. The van der Waals surface area contributed by atoms with Crippen molar-refractivity contribution in [2.45, 2.75) is 63.5 Å². The number of hydrogen-bond acceptors (Lipinski definition) is 3. The second kappa shape index (κ2) is 7.44. The van der Waals surface area contributed by atoms with E-state index in [9.17, 15) is 9.90 Å². The van der Waals surface area contributed by atoms with E-state index in [1.54, 1.807) is 0 Å². The number of hydrogen-bond donors (Lipinski definition) is 2. The number of amides is 2. The van der Waals surface area contributed by atoms with Gasteiger partial charge in [0.15, 0.2) is 0 Å². The highest BCUT2D eigenvalue weighted by Gasteiger charge is 2.43. The van der Waals surface area contributed by atoms with E-state index in [1.807, 2.05) is 4.90 Å². The lowest BCUT2D eigenvalue weighted by molar-refractivity contribution is -0.0872. The van der Waals surface area contributed by atoms with Crippen molar-refractivity contribution in [3.05, 3.63) is 12.2 Å². The fraction of sp³-hybridized carbons (Fsp3) is 0.842. The number of aliphatic hydroxyl groups is 1. The summed E-state index contributed by atoms with van der Waals surface area (Å²) < 4.78 is 0. The zero-order chi connectivity index (χ0) is 17.2. The average Bonchev–Trinajstić information content (AvgIpc) is 2.55. The number of fused-ring (bicyclic) bond motifs is 1. The van der Waals surface area contributed by atoms with Gasteiger partial charge in [-0.1, -0.05) is 25.0 Å². The standard InChI is InChI=1S/C19H33N3O2/c1-15(2)13-21-10-6-17(7-11-21)20-18(23)22-12-9-19(24)8-4-3-5-16(19)14-22/h16-17,24H,1,3-14H2,2H3,(H,20,23). The Hall–Kier alpha value is -1.07. The van der Waals surface area contributed by atoms with Crippen molar-refractivity contribution in [1.29, 1.82) is 0 Å². The predicted molar refractivity (Wildman–Crippen MR) is 95.9 cm³/mol. The first kappa shape index (κ1) is 17.7. The maximum Gasteiger partial charge on any atom is 0.317 e. The van der Waals surface area contributed by atoms with Gasteiger partial charge in [0.2, 0.25) is 0 Å². The summed E-state index contributed by atoms with van der Waals surface area (Å²) in [6.07, 6.45) is 7.04. The first-order valence-electron chi connectivity index (χ1n) is 9.61. The van der Waals surface area contributed by atoms with Gasteiger partial charge in [-0.15, -0.1) is 0 Å². The summed E-state index contributed by atoms with van der Waals surface area (Å²) in [7, 11) is 0. The summed E-state index contributed by atoms with van der Waals surface area (Å²) in [5.74, 6) is 0.267. The van der Waals surface area contributed by atoms with E-state index in [-0.39, 0.29) is 18.0 Å². The second-order valence-electron chi connectivity index (χ2n) is 8.20. The Morgan fingerprint density at radius 2 is 1.96 bits per heavy atom. The molecule has 5 nitrogen and oxygen atoms in total. The highest BCUT2D eigenvalue weighted by molar-refractivity contribution is 5.74. The molecule has 1 saturated carbocycles. The van der Waals surface area contributed by atoms with Gasteiger partial charge < -0.3 is 15.3 Å². The largest absolute Gasteiger partial charge is 0.389 e. The van der Waals surface area contributed by atoms with Crippen LogP contribution in [0, 0.1) is 5.92 Å². The highest BCUT2D eigenvalue weighted by atomic mass is 16.3. The lowest BCUT2D eigenvalue weighted by Gasteiger charge is -2.47. The zero-order valence-corrected chi connectivity index (χ0v) is 15.1. The number of carbonyl (C=O) groups is 1. The van der Waals surface area contributed by atoms with Gasteiger partial charge in [-0.25, -0.2) is 4.79 Å². The number of nitrogens with one attached hydrogen (secondary N) is 1. The number of likely N-dealkylation sites (tertiary alicyclic amines) is 2. The van der Waals surface area contributed by atoms with E-state index >= 15 is 0 Å². The van der Waals surface area contributed by atoms with Crippen LogP contribution in [0.1, 0.15) is 51.9 Å². The van der Waals surface area contributed by atoms with Crippen LogP contribution in [0.25, 0.3) is 0 Å². The molecule has 2 saturated heterocycles. The van der Waals surface area contributed by atoms with Crippen molar-refractivity contribution in [2.24, 2.45) is 5.92 Å². The molecule has 136 valence electrons. The third-order valence-corrected chi connectivity index (χ3v) is 6.12. The van der Waals surface area contributed by atoms with Crippen molar-refractivity contribution in [2.75, 3.05) is 32.7 Å². The minimum absolute atomic E-state index is 0.0703. The van der Waals surface area contributed by atoms with Crippen LogP contribution in [0.3, 0.4) is 0 Å². The molecule has 0 bridgehead atoms. The average molecular weight is 335 g/mol. The molecule has 3 rings (SSSR count). The monoisotopic (exact) mass is 335 g/mol. The normalized spacial score (nSPS) is 32.2. The van der Waals surface area contributed by atoms with Gasteiger partial charge >= 0.3 is 6.03 Å². The molecule has 1 aliphatic carbocycles. The fourth-order valence-electron chi connectivity index (χ4n) is 4.64. The summed E-state index contributed by atoms with van der Waals surface area (Å²) in [6.45, 7) is 10.5. The molecule has 0 radical (unpaired) electrons. The predicted octanol–water partition coefficient (Wildman–Crippen LogP) is 2.36. The summed E-state index contributed by atoms with van der Waals surface area (Å²) in [5.41, 5.74) is 0.689. The molecule has 2 N–H and O–H groups in total. The van der Waals surface area contributed by atoms with Gasteiger partial charge in [-0.05, 0) is 39.0 Å². The Labute approximate surface area is 146 Å². The summed E-state index contributed by atoms with van der Waals surface area (Å²) in [5, 5.41) is 14.0. The SMILES string of the molecule is C=C(C)CN1CCC(NC(=O)N2CCC3(O)CCCCC3C2)CC1. The Bertz CT molecular complexity index is 473. The highest BCUT2D eigenvalue weighted by Crippen LogP contribution is 2.39. The molecule has 0 aromatic rings. The third-order valence-electron chi connectivity index (χ3n) is 6.12. The summed E-state index contributed by atoms with van der Waals surface area (Å²) >= 11 is 0. The van der Waals surface area contributed by atoms with Gasteiger partial charge in [0.25, 0.3) is 0 Å². The van der Waals surface area contributed by atoms with E-state index in [0.717, 1.165) is 64.7 Å². The Morgan fingerprint density at radius 3 is 2.67 bits per heavy atom. The van der Waals surface area contributed by atoms with Crippen molar-refractivity contribution in [3.63, 3.8) is 0 Å². The number of carbonyl (C=O) groups excluding carboxylic acids is 1. The van der Waals surface area contributed by atoms with Crippen molar-refractivity contribution < 1.29 is 9.90 Å². The van der Waals surface area contributed by atoms with Gasteiger partial charge in [0.05, 0.1) is 5.60 Å². The van der Waals surface area contributed by atoms with E-state index in [4.69, 9.17) is 0 Å². The van der Waals surface area contributed by atoms with Gasteiger partial charge in [-0.2, -0.15) is 0 Å². The molecule has 0 aromatic carbocycles. The van der Waals surface area contributed by atoms with E-state index in [1.165, 1.54) is 12.0 Å². The molecule has 2 atom stereocenters. The molecule has 3 fully saturated rings. The van der Waals surface area contributed by atoms with Crippen LogP contribution in [-0.2, 0) is 0 Å². The van der Waals surface area contributed by atoms with E-state index in [0.29, 0.717) is 6.54 Å². The van der Waals surface area contributed by atoms with Crippen molar-refractivity contribution >= 4 is 6.03 Å². The fourth-order valence-corrected chi connectivity index (χ4v) is 4.64. The molecular formula is C19H33N3O2. The third kappa shape index (κ3) is 4.12. The van der Waals surface area contributed by atoms with Gasteiger partial charge in [0, 0.05) is 44.7 Å². The molecule has 2 unspecified atom stereocenters. The van der Waals surface area contributed by atoms with Crippen LogP contribution in [0.4, 0.5) is 4.79 Å². The number of piperidine rings is 2. The summed E-state index contributed by atoms with van der Waals surface area (Å²) in [4.78, 5) is 17.0. The van der Waals surface area contributed by atoms with Crippen molar-refractivity contribution in [1.82, 2.24) is 15.1 Å². The molecule has 0 spiro atoms. The van der Waals surface area contributed by atoms with E-state index in [2.05, 4.69) is 23.7 Å². The smallest absolute Gasteiger partial charge is 0.317 e. The van der Waals surface area contributed by atoms with Crippen molar-refractivity contribution in [3.8, 4) is 0 Å². The van der Waals surface area contributed by atoms with Crippen LogP contribution in [-0.4, -0.2) is 65.3 Å². The molecule has 2 heterocycles. The molecule has 5 heteroatoms. The maximum atomic E-state index is 12.6. The van der Waals surface area contributed by atoms with Crippen LogP contribution in [0.2, 0.25) is 0 Å². The first-order valence-corrected chi connectivity index (χ1v) is 9.61. The minimum atomic E-state index is -0.511. The lowest BCUT2D eigenvalue weighted by atomic mass is 9.71. The van der Waals surface area contributed by atoms with Crippen LogP contribution in [0.5, 0.6) is 0 Å². The van der Waals surface area contributed by atoms with Crippen LogP contribution < -0.4 is 5.32 Å². The topological polar surface area (TPSA) is 55.8 Å². The minimum Gasteiger partial charge on any atom is -0.389 e. The second-order valence-corrected chi connectivity index (χ2v) is 8.20. The Kier molecular flexibility index (Phi) is 5.50. The molecule has 3 aliphatic rings. The number of urea groups is 1. The van der Waals surface area contributed by atoms with Gasteiger partial charge in [0.1, 0.15) is 0 Å². The Balaban J connectivity index is 1.45. The van der Waals surface area contributed by atoms with E-state index < -0.39 is 5.60 Å². The lowest BCUT2D eigenvalue weighted by Crippen LogP contribution is -2.58. The van der Waals surface area contributed by atoms with Gasteiger partial charge in [-0.3, -0.25) is 4.90 Å². The van der Waals surface area contributed by atoms with Crippen LogP contribution in [0.15, 0.2) is 12.2 Å². The van der Waals surface area contributed by atoms with Crippen LogP contribution >= 0.6 is 0 Å². The number of rotatable bonds is 3. The molecule has 2 amide bonds. The number of nitrogens with zero attached hydrogens (tertiary/aromatic N) is 2. The molecule has 24 heavy (non-hydrogen) atoms. The first-order chi connectivity index (χ1) is 11.5. The Morgan fingerprint density at radius 1 is 1.21 bits per heavy atom. The quantitative estimate of drug-likeness (QED) is 0.779. The molecular weight excluding hydrogens is 302 g/mol. The molecule has 2 aliphatic heterocycles.